The molecule has 11 heteroatoms. The highest BCUT2D eigenvalue weighted by atomic mass is 19.4. The maximum absolute atomic E-state index is 12.7. The zero-order valence-electron chi connectivity index (χ0n) is 15.2. The Kier molecular flexibility index (Phi) is 8.66. The molecule has 28 heavy (non-hydrogen) atoms. The second kappa shape index (κ2) is 10.7. The van der Waals surface area contributed by atoms with Gasteiger partial charge in [0.05, 0.1) is 17.8 Å². The first kappa shape index (κ1) is 22.7. The molecule has 0 amide bonds. The number of nitrogens with two attached hydrogens (primary N) is 1. The third-order valence-corrected chi connectivity index (χ3v) is 3.36. The van der Waals surface area contributed by atoms with Crippen LogP contribution in [0.25, 0.3) is 0 Å². The fourth-order valence-corrected chi connectivity index (χ4v) is 2.00. The van der Waals surface area contributed by atoms with E-state index in [4.69, 9.17) is 5.84 Å². The van der Waals surface area contributed by atoms with Crippen LogP contribution in [0.1, 0.15) is 5.56 Å². The van der Waals surface area contributed by atoms with Crippen LogP contribution in [-0.4, -0.2) is 26.9 Å². The van der Waals surface area contributed by atoms with Crippen LogP contribution >= 0.6 is 0 Å². The Balaban J connectivity index is 0.000000283. The highest BCUT2D eigenvalue weighted by Crippen LogP contribution is 2.32. The summed E-state index contributed by atoms with van der Waals surface area (Å²) in [4.78, 5) is 10.2. The van der Waals surface area contributed by atoms with Crippen LogP contribution in [-0.2, 0) is 11.0 Å². The van der Waals surface area contributed by atoms with Gasteiger partial charge in [-0.05, 0) is 41.6 Å². The van der Waals surface area contributed by atoms with E-state index in [1.165, 1.54) is 18.1 Å². The van der Waals surface area contributed by atoms with Gasteiger partial charge in [-0.15, -0.1) is 0 Å². The number of aldehydes is 1. The van der Waals surface area contributed by atoms with Gasteiger partial charge in [0.15, 0.2) is 0 Å². The van der Waals surface area contributed by atoms with E-state index < -0.39 is 17.6 Å². The number of hydrogen-bond donors (Lipinski definition) is 3. The van der Waals surface area contributed by atoms with Gasteiger partial charge < -0.3 is 21.3 Å². The lowest BCUT2D eigenvalue weighted by atomic mass is 10.2. The van der Waals surface area contributed by atoms with E-state index in [9.17, 15) is 22.4 Å². The fraction of sp³-hybridized carbons (Fsp3) is 0.235. The minimum absolute atomic E-state index is 0.230. The lowest BCUT2D eigenvalue weighted by Crippen LogP contribution is -2.09. The number of halogens is 4. The van der Waals surface area contributed by atoms with Gasteiger partial charge in [-0.3, -0.25) is 0 Å². The first-order chi connectivity index (χ1) is 13.2. The van der Waals surface area contributed by atoms with Crippen LogP contribution in [0.3, 0.4) is 0 Å². The predicted octanol–water partition coefficient (Wildman–Crippen LogP) is 3.86. The number of nitrogens with zero attached hydrogens (tertiary/aromatic N) is 3. The topological polar surface area (TPSA) is 95.1 Å². The SMILES string of the molecule is CN(/N=N\N)c1cccc(NCC=O)c1.CNc1ccc(F)c(C(F)(F)F)c1. The summed E-state index contributed by atoms with van der Waals surface area (Å²) in [5.41, 5.74) is 0.659. The summed E-state index contributed by atoms with van der Waals surface area (Å²) in [5.74, 6) is 3.68. The van der Waals surface area contributed by atoms with E-state index in [2.05, 4.69) is 21.1 Å². The van der Waals surface area contributed by atoms with E-state index in [-0.39, 0.29) is 12.2 Å². The Morgan fingerprint density at radius 2 is 1.89 bits per heavy atom. The van der Waals surface area contributed by atoms with E-state index >= 15 is 0 Å². The summed E-state index contributed by atoms with van der Waals surface area (Å²) in [6.45, 7) is 0.283. The molecule has 4 N–H and O–H groups in total. The third-order valence-electron chi connectivity index (χ3n) is 3.36. The smallest absolute Gasteiger partial charge is 0.388 e. The number of benzene rings is 2. The lowest BCUT2D eigenvalue weighted by molar-refractivity contribution is -0.139. The van der Waals surface area contributed by atoms with E-state index in [1.807, 2.05) is 24.3 Å². The molecule has 2 aromatic rings. The molecule has 0 saturated heterocycles. The van der Waals surface area contributed by atoms with Crippen LogP contribution < -0.4 is 21.5 Å². The molecule has 0 heterocycles. The molecule has 0 radical (unpaired) electrons. The fourth-order valence-electron chi connectivity index (χ4n) is 2.00. The Hall–Kier alpha value is -3.37. The summed E-state index contributed by atoms with van der Waals surface area (Å²) in [7, 11) is 3.20. The number of anilines is 3. The number of rotatable bonds is 6. The van der Waals surface area contributed by atoms with Crippen molar-refractivity contribution in [3.63, 3.8) is 0 Å². The average Bonchev–Trinajstić information content (AvgIpc) is 2.67. The molecule has 2 aromatic carbocycles. The normalized spacial score (nSPS) is 10.8. The zero-order chi connectivity index (χ0) is 21.2. The molecule has 2 rings (SSSR count). The van der Waals surface area contributed by atoms with Gasteiger partial charge in [0.25, 0.3) is 0 Å². The van der Waals surface area contributed by atoms with Crippen LogP contribution in [0.4, 0.5) is 34.6 Å². The second-order valence-electron chi connectivity index (χ2n) is 5.27. The summed E-state index contributed by atoms with van der Waals surface area (Å²) in [6, 6.07) is 10.2. The molecular formula is C17H20F4N6O. The molecule has 0 saturated carbocycles. The quantitative estimate of drug-likeness (QED) is 0.225. The van der Waals surface area contributed by atoms with Crippen LogP contribution in [0.2, 0.25) is 0 Å². The van der Waals surface area contributed by atoms with Crippen molar-refractivity contribution in [2.45, 2.75) is 6.18 Å². The molecule has 0 aliphatic heterocycles. The van der Waals surface area contributed by atoms with Gasteiger partial charge in [0, 0.05) is 25.5 Å². The minimum atomic E-state index is -4.64. The largest absolute Gasteiger partial charge is 0.419 e. The number of nitrogens with one attached hydrogen (secondary N) is 2. The highest BCUT2D eigenvalue weighted by Gasteiger charge is 2.34. The van der Waals surface area contributed by atoms with Crippen LogP contribution in [0.5, 0.6) is 0 Å². The summed E-state index contributed by atoms with van der Waals surface area (Å²) in [6.07, 6.45) is -3.84. The maximum Gasteiger partial charge on any atom is 0.419 e. The molecule has 0 spiro atoms. The summed E-state index contributed by atoms with van der Waals surface area (Å²) >= 11 is 0. The first-order valence-electron chi connectivity index (χ1n) is 7.89. The van der Waals surface area contributed by atoms with Crippen molar-refractivity contribution in [1.82, 2.24) is 0 Å². The molecule has 0 aliphatic rings. The van der Waals surface area contributed by atoms with Crippen molar-refractivity contribution in [2.75, 3.05) is 36.3 Å². The Morgan fingerprint density at radius 3 is 2.46 bits per heavy atom. The minimum Gasteiger partial charge on any atom is -0.388 e. The van der Waals surface area contributed by atoms with Crippen molar-refractivity contribution in [1.29, 1.82) is 0 Å². The van der Waals surface area contributed by atoms with Crippen molar-refractivity contribution >= 4 is 23.3 Å². The monoisotopic (exact) mass is 400 g/mol. The third kappa shape index (κ3) is 7.09. The molecule has 0 fully saturated rings. The van der Waals surface area contributed by atoms with Crippen LogP contribution in [0.15, 0.2) is 52.9 Å². The Morgan fingerprint density at radius 1 is 1.18 bits per heavy atom. The van der Waals surface area contributed by atoms with E-state index in [0.29, 0.717) is 0 Å². The number of carbonyl (C=O) groups is 1. The molecular weight excluding hydrogens is 380 g/mol. The second-order valence-corrected chi connectivity index (χ2v) is 5.27. The van der Waals surface area contributed by atoms with Gasteiger partial charge in [-0.1, -0.05) is 11.3 Å². The van der Waals surface area contributed by atoms with Gasteiger partial charge in [-0.2, -0.15) is 13.2 Å². The van der Waals surface area contributed by atoms with Crippen LogP contribution in [0, 0.1) is 5.82 Å². The molecule has 0 aliphatic carbocycles. The summed E-state index contributed by atoms with van der Waals surface area (Å²) < 4.78 is 48.9. The number of alkyl halides is 3. The molecule has 7 nitrogen and oxygen atoms in total. The zero-order valence-corrected chi connectivity index (χ0v) is 15.2. The molecule has 152 valence electrons. The molecule has 0 aromatic heterocycles. The predicted molar refractivity (Wildman–Crippen MR) is 99.4 cm³/mol. The molecule has 0 bridgehead atoms. The van der Waals surface area contributed by atoms with Crippen molar-refractivity contribution < 1.29 is 22.4 Å². The number of carbonyl (C=O) groups excluding carboxylic acids is 1. The van der Waals surface area contributed by atoms with Crippen molar-refractivity contribution in [3.05, 3.63) is 53.8 Å². The van der Waals surface area contributed by atoms with E-state index in [0.717, 1.165) is 29.8 Å². The molecule has 0 unspecified atom stereocenters. The van der Waals surface area contributed by atoms with Gasteiger partial charge >= 0.3 is 6.18 Å². The average molecular weight is 400 g/mol. The first-order valence-corrected chi connectivity index (χ1v) is 7.89. The highest BCUT2D eigenvalue weighted by molar-refractivity contribution is 5.62. The van der Waals surface area contributed by atoms with Gasteiger partial charge in [0.1, 0.15) is 12.1 Å². The Labute approximate surface area is 159 Å². The number of hydrogen-bond acceptors (Lipinski definition) is 5. The van der Waals surface area contributed by atoms with Crippen molar-refractivity contribution in [3.8, 4) is 0 Å². The molecule has 0 atom stereocenters. The summed E-state index contributed by atoms with van der Waals surface area (Å²) in [5, 5.41) is 13.8. The standard InChI is InChI=1S/C9H13N5O.C8H7F4N/c1-14(13-12-10)9-4-2-3-8(7-9)11-5-6-15;1-13-5-2-3-7(9)6(4-5)8(10,11)12/h2-4,6-7,11H,5H2,1H3,(H2,10,13);2-4,13H,1H3. The maximum atomic E-state index is 12.7. The van der Waals surface area contributed by atoms with Crippen molar-refractivity contribution in [2.24, 2.45) is 16.3 Å². The van der Waals surface area contributed by atoms with E-state index in [1.54, 1.807) is 7.05 Å². The van der Waals surface area contributed by atoms with Gasteiger partial charge in [0.2, 0.25) is 0 Å². The lowest BCUT2D eigenvalue weighted by Gasteiger charge is -2.12. The Bertz CT molecular complexity index is 797. The van der Waals surface area contributed by atoms with Gasteiger partial charge in [-0.25, -0.2) is 9.40 Å².